The maximum Gasteiger partial charge on any atom is 0.236 e. The minimum absolute atomic E-state index is 0.0742. The highest BCUT2D eigenvalue weighted by Crippen LogP contribution is 2.18. The topological polar surface area (TPSA) is 52.7 Å². The van der Waals surface area contributed by atoms with Gasteiger partial charge in [-0.25, -0.2) is 0 Å². The van der Waals surface area contributed by atoms with Gasteiger partial charge in [0.05, 0.1) is 6.54 Å². The average Bonchev–Trinajstić information content (AvgIpc) is 2.38. The van der Waals surface area contributed by atoms with Gasteiger partial charge in [-0.15, -0.1) is 6.58 Å². The van der Waals surface area contributed by atoms with Gasteiger partial charge in [-0.1, -0.05) is 6.08 Å². The summed E-state index contributed by atoms with van der Waals surface area (Å²) < 4.78 is 0. The lowest BCUT2D eigenvalue weighted by atomic mass is 9.95. The number of rotatable bonds is 5. The Morgan fingerprint density at radius 1 is 1.39 bits per heavy atom. The first-order chi connectivity index (χ1) is 8.56. The molecule has 1 N–H and O–H groups in total. The van der Waals surface area contributed by atoms with Crippen LogP contribution in [0.3, 0.4) is 0 Å². The standard InChI is InChI=1S/C13H23N3O2/c1-4-7-14-10-12(17)16-8-5-11(6-9-16)13(18)15(2)3/h4,11,14H,1,5-10H2,2-3H3. The second kappa shape index (κ2) is 7.16. The second-order valence-electron chi connectivity index (χ2n) is 4.81. The van der Waals surface area contributed by atoms with E-state index in [4.69, 9.17) is 0 Å². The largest absolute Gasteiger partial charge is 0.349 e. The Labute approximate surface area is 109 Å². The van der Waals surface area contributed by atoms with E-state index in [0.717, 1.165) is 12.8 Å². The van der Waals surface area contributed by atoms with E-state index in [1.807, 2.05) is 4.90 Å². The molecule has 0 atom stereocenters. The fourth-order valence-corrected chi connectivity index (χ4v) is 2.13. The van der Waals surface area contributed by atoms with Gasteiger partial charge in [-0.2, -0.15) is 0 Å². The Balaban J connectivity index is 2.32. The Hall–Kier alpha value is -1.36. The molecule has 2 amide bonds. The van der Waals surface area contributed by atoms with Crippen molar-refractivity contribution in [3.05, 3.63) is 12.7 Å². The van der Waals surface area contributed by atoms with E-state index in [2.05, 4.69) is 11.9 Å². The van der Waals surface area contributed by atoms with Crippen molar-refractivity contribution in [2.45, 2.75) is 12.8 Å². The van der Waals surface area contributed by atoms with Crippen molar-refractivity contribution in [3.8, 4) is 0 Å². The molecule has 1 saturated heterocycles. The SMILES string of the molecule is C=CCNCC(=O)N1CCC(C(=O)N(C)C)CC1. The fraction of sp³-hybridized carbons (Fsp3) is 0.692. The summed E-state index contributed by atoms with van der Waals surface area (Å²) in [6.07, 6.45) is 3.27. The molecule has 102 valence electrons. The van der Waals surface area contributed by atoms with Gasteiger partial charge in [0.2, 0.25) is 11.8 Å². The molecule has 0 spiro atoms. The normalized spacial score (nSPS) is 16.4. The van der Waals surface area contributed by atoms with Crippen molar-refractivity contribution in [1.29, 1.82) is 0 Å². The molecule has 5 nitrogen and oxygen atoms in total. The molecule has 18 heavy (non-hydrogen) atoms. The van der Waals surface area contributed by atoms with Crippen molar-refractivity contribution in [1.82, 2.24) is 15.1 Å². The molecule has 0 bridgehead atoms. The van der Waals surface area contributed by atoms with Crippen LogP contribution >= 0.6 is 0 Å². The highest BCUT2D eigenvalue weighted by Gasteiger charge is 2.27. The lowest BCUT2D eigenvalue weighted by Gasteiger charge is -2.32. The molecular weight excluding hydrogens is 230 g/mol. The number of nitrogens with zero attached hydrogens (tertiary/aromatic N) is 2. The highest BCUT2D eigenvalue weighted by atomic mass is 16.2. The number of piperidine rings is 1. The summed E-state index contributed by atoms with van der Waals surface area (Å²) in [5.41, 5.74) is 0. The maximum atomic E-state index is 11.8. The second-order valence-corrected chi connectivity index (χ2v) is 4.81. The van der Waals surface area contributed by atoms with Crippen LogP contribution in [-0.4, -0.2) is 61.9 Å². The Morgan fingerprint density at radius 2 is 2.00 bits per heavy atom. The van der Waals surface area contributed by atoms with Gasteiger partial charge in [0, 0.05) is 39.6 Å². The van der Waals surface area contributed by atoms with Crippen LogP contribution in [0.5, 0.6) is 0 Å². The molecule has 0 aliphatic carbocycles. The minimum atomic E-state index is 0.0742. The van der Waals surface area contributed by atoms with Gasteiger partial charge in [0.25, 0.3) is 0 Å². The molecule has 1 aliphatic heterocycles. The summed E-state index contributed by atoms with van der Waals surface area (Å²) in [5, 5.41) is 3.00. The van der Waals surface area contributed by atoms with Crippen molar-refractivity contribution >= 4 is 11.8 Å². The molecule has 5 heteroatoms. The summed E-state index contributed by atoms with van der Waals surface area (Å²) in [5.74, 6) is 0.352. The summed E-state index contributed by atoms with van der Waals surface area (Å²) in [7, 11) is 3.55. The molecule has 0 unspecified atom stereocenters. The van der Waals surface area contributed by atoms with E-state index in [9.17, 15) is 9.59 Å². The highest BCUT2D eigenvalue weighted by molar-refractivity contribution is 5.80. The van der Waals surface area contributed by atoms with Crippen molar-refractivity contribution < 1.29 is 9.59 Å². The number of hydrogen-bond acceptors (Lipinski definition) is 3. The smallest absolute Gasteiger partial charge is 0.236 e. The summed E-state index contributed by atoms with van der Waals surface area (Å²) >= 11 is 0. The Morgan fingerprint density at radius 3 is 2.50 bits per heavy atom. The summed E-state index contributed by atoms with van der Waals surface area (Å²) in [6, 6.07) is 0. The Kier molecular flexibility index (Phi) is 5.85. The van der Waals surface area contributed by atoms with Crippen LogP contribution in [0.4, 0.5) is 0 Å². The van der Waals surface area contributed by atoms with E-state index >= 15 is 0 Å². The van der Waals surface area contributed by atoms with Crippen LogP contribution < -0.4 is 5.32 Å². The minimum Gasteiger partial charge on any atom is -0.349 e. The zero-order valence-corrected chi connectivity index (χ0v) is 11.3. The summed E-state index contributed by atoms with van der Waals surface area (Å²) in [6.45, 7) is 5.93. The molecule has 0 aromatic rings. The third-order valence-corrected chi connectivity index (χ3v) is 3.20. The van der Waals surface area contributed by atoms with Gasteiger partial charge in [0.1, 0.15) is 0 Å². The average molecular weight is 253 g/mol. The zero-order chi connectivity index (χ0) is 13.5. The van der Waals surface area contributed by atoms with Crippen LogP contribution in [0.2, 0.25) is 0 Å². The van der Waals surface area contributed by atoms with Gasteiger partial charge in [0.15, 0.2) is 0 Å². The van der Waals surface area contributed by atoms with Crippen LogP contribution in [0, 0.1) is 5.92 Å². The van der Waals surface area contributed by atoms with Crippen molar-refractivity contribution in [3.63, 3.8) is 0 Å². The lowest BCUT2D eigenvalue weighted by molar-refractivity contribution is -0.138. The van der Waals surface area contributed by atoms with Gasteiger partial charge in [-0.05, 0) is 12.8 Å². The van der Waals surface area contributed by atoms with E-state index < -0.39 is 0 Å². The molecule has 0 aromatic heterocycles. The molecule has 1 fully saturated rings. The van der Waals surface area contributed by atoms with Crippen molar-refractivity contribution in [2.75, 3.05) is 40.3 Å². The van der Waals surface area contributed by atoms with Crippen LogP contribution in [0.1, 0.15) is 12.8 Å². The quantitative estimate of drug-likeness (QED) is 0.558. The van der Waals surface area contributed by atoms with E-state index in [-0.39, 0.29) is 17.7 Å². The van der Waals surface area contributed by atoms with Crippen LogP contribution in [-0.2, 0) is 9.59 Å². The first-order valence-electron chi connectivity index (χ1n) is 6.36. The third kappa shape index (κ3) is 4.14. The number of hydrogen-bond donors (Lipinski definition) is 1. The molecule has 0 radical (unpaired) electrons. The van der Waals surface area contributed by atoms with E-state index in [1.54, 1.807) is 25.1 Å². The van der Waals surface area contributed by atoms with Gasteiger partial charge in [-0.3, -0.25) is 9.59 Å². The number of carbonyl (C=O) groups excluding carboxylic acids is 2. The zero-order valence-electron chi connectivity index (χ0n) is 11.3. The van der Waals surface area contributed by atoms with Crippen LogP contribution in [0.15, 0.2) is 12.7 Å². The first-order valence-corrected chi connectivity index (χ1v) is 6.36. The Bertz CT molecular complexity index is 307. The predicted molar refractivity (Wildman–Crippen MR) is 71.1 cm³/mol. The molecule has 0 saturated carbocycles. The van der Waals surface area contributed by atoms with Crippen LogP contribution in [0.25, 0.3) is 0 Å². The van der Waals surface area contributed by atoms with E-state index in [0.29, 0.717) is 26.2 Å². The monoisotopic (exact) mass is 253 g/mol. The maximum absolute atomic E-state index is 11.8. The first kappa shape index (κ1) is 14.7. The number of likely N-dealkylation sites (tertiary alicyclic amines) is 1. The molecule has 1 aliphatic rings. The number of nitrogens with one attached hydrogen (secondary N) is 1. The van der Waals surface area contributed by atoms with E-state index in [1.165, 1.54) is 0 Å². The number of carbonyl (C=O) groups is 2. The van der Waals surface area contributed by atoms with Crippen molar-refractivity contribution in [2.24, 2.45) is 5.92 Å². The summed E-state index contributed by atoms with van der Waals surface area (Å²) in [4.78, 5) is 27.1. The molecule has 0 aromatic carbocycles. The third-order valence-electron chi connectivity index (χ3n) is 3.20. The number of amides is 2. The molecule has 1 heterocycles. The predicted octanol–water partition coefficient (Wildman–Crippen LogP) is 0.0888. The molecular formula is C13H23N3O2. The lowest BCUT2D eigenvalue weighted by Crippen LogP contribution is -2.45. The van der Waals surface area contributed by atoms with Gasteiger partial charge >= 0.3 is 0 Å². The fourth-order valence-electron chi connectivity index (χ4n) is 2.13. The van der Waals surface area contributed by atoms with Gasteiger partial charge < -0.3 is 15.1 Å². The molecule has 1 rings (SSSR count).